The average Bonchev–Trinajstić information content (AvgIpc) is 2.78. The molecular weight excluding hydrogens is 452 g/mol. The molecule has 168 valence electrons. The van der Waals surface area contributed by atoms with Crippen LogP contribution in [-0.2, 0) is 21.4 Å². The van der Waals surface area contributed by atoms with Crippen LogP contribution in [0.5, 0.6) is 11.5 Å². The first kappa shape index (κ1) is 23.6. The summed E-state index contributed by atoms with van der Waals surface area (Å²) in [6.45, 7) is 1.66. The Labute approximate surface area is 192 Å². The van der Waals surface area contributed by atoms with Crippen LogP contribution in [0.2, 0.25) is 5.02 Å². The molecule has 3 rings (SSSR count). The van der Waals surface area contributed by atoms with E-state index in [1.807, 2.05) is 30.3 Å². The predicted octanol–water partition coefficient (Wildman–Crippen LogP) is 4.15. The Morgan fingerprint density at radius 3 is 2.38 bits per heavy atom. The van der Waals surface area contributed by atoms with Gasteiger partial charge in [-0.1, -0.05) is 41.9 Å². The molecule has 0 saturated heterocycles. The van der Waals surface area contributed by atoms with Crippen molar-refractivity contribution in [3.8, 4) is 11.5 Å². The molecule has 0 spiro atoms. The first-order valence-corrected chi connectivity index (χ1v) is 11.5. The smallest absolute Gasteiger partial charge is 0.262 e. The van der Waals surface area contributed by atoms with Crippen molar-refractivity contribution in [1.82, 2.24) is 4.72 Å². The summed E-state index contributed by atoms with van der Waals surface area (Å²) in [5, 5.41) is 3.06. The van der Waals surface area contributed by atoms with Gasteiger partial charge in [0, 0.05) is 12.2 Å². The number of aryl methyl sites for hydroxylation is 1. The van der Waals surface area contributed by atoms with Crippen molar-refractivity contribution in [3.63, 3.8) is 0 Å². The minimum absolute atomic E-state index is 0.121. The molecule has 0 aliphatic heterocycles. The van der Waals surface area contributed by atoms with Crippen LogP contribution in [0, 0.1) is 6.92 Å². The van der Waals surface area contributed by atoms with E-state index in [-0.39, 0.29) is 24.0 Å². The molecule has 3 aromatic rings. The van der Waals surface area contributed by atoms with Gasteiger partial charge < -0.3 is 14.8 Å². The molecule has 0 aromatic heterocycles. The molecule has 0 fully saturated rings. The van der Waals surface area contributed by atoms with Gasteiger partial charge in [0.05, 0.1) is 17.0 Å². The molecule has 9 heteroatoms. The van der Waals surface area contributed by atoms with Gasteiger partial charge in [-0.25, -0.2) is 13.1 Å². The topological polar surface area (TPSA) is 93.7 Å². The first-order chi connectivity index (χ1) is 15.3. The molecule has 0 atom stereocenters. The van der Waals surface area contributed by atoms with Gasteiger partial charge in [0.2, 0.25) is 10.0 Å². The fourth-order valence-corrected chi connectivity index (χ4v) is 4.25. The van der Waals surface area contributed by atoms with E-state index in [2.05, 4.69) is 10.0 Å². The number of carbonyl (C=O) groups is 1. The van der Waals surface area contributed by atoms with Crippen LogP contribution in [0.25, 0.3) is 0 Å². The van der Waals surface area contributed by atoms with Crippen molar-refractivity contribution in [2.24, 2.45) is 0 Å². The number of halogens is 1. The number of hydrogen-bond donors (Lipinski definition) is 2. The van der Waals surface area contributed by atoms with Crippen LogP contribution >= 0.6 is 11.6 Å². The number of ether oxygens (including phenoxy) is 2. The summed E-state index contributed by atoms with van der Waals surface area (Å²) in [5.41, 5.74) is 1.96. The highest BCUT2D eigenvalue weighted by atomic mass is 35.5. The van der Waals surface area contributed by atoms with Crippen LogP contribution in [0.1, 0.15) is 11.1 Å². The third-order valence-electron chi connectivity index (χ3n) is 4.56. The van der Waals surface area contributed by atoms with Gasteiger partial charge in [-0.3, -0.25) is 4.79 Å². The van der Waals surface area contributed by atoms with E-state index in [9.17, 15) is 13.2 Å². The molecule has 0 heterocycles. The molecule has 0 bridgehead atoms. The van der Waals surface area contributed by atoms with E-state index < -0.39 is 10.0 Å². The normalized spacial score (nSPS) is 11.1. The molecule has 0 unspecified atom stereocenters. The molecule has 0 aliphatic rings. The number of nitrogens with one attached hydrogen (secondary N) is 2. The number of anilines is 1. The summed E-state index contributed by atoms with van der Waals surface area (Å²) in [6, 6.07) is 18.6. The zero-order valence-corrected chi connectivity index (χ0v) is 19.2. The van der Waals surface area contributed by atoms with E-state index >= 15 is 0 Å². The van der Waals surface area contributed by atoms with Crippen molar-refractivity contribution in [3.05, 3.63) is 82.9 Å². The maximum atomic E-state index is 12.6. The van der Waals surface area contributed by atoms with Crippen LogP contribution in [-0.4, -0.2) is 28.0 Å². The van der Waals surface area contributed by atoms with Crippen LogP contribution in [0.15, 0.2) is 71.6 Å². The molecule has 0 aliphatic carbocycles. The van der Waals surface area contributed by atoms with E-state index in [0.29, 0.717) is 27.8 Å². The summed E-state index contributed by atoms with van der Waals surface area (Å²) < 4.78 is 38.4. The highest BCUT2D eigenvalue weighted by Crippen LogP contribution is 2.27. The predicted molar refractivity (Wildman–Crippen MR) is 124 cm³/mol. The third kappa shape index (κ3) is 6.23. The van der Waals surface area contributed by atoms with Crippen LogP contribution < -0.4 is 19.5 Å². The number of benzene rings is 3. The van der Waals surface area contributed by atoms with Gasteiger partial charge >= 0.3 is 0 Å². The second-order valence-electron chi connectivity index (χ2n) is 6.92. The SMILES string of the molecule is COc1ccc(NC(=O)COc2ccc(S(=O)(=O)NCc3ccccc3)cc2C)cc1Cl. The standard InChI is InChI=1S/C23H23ClN2O5S/c1-16-12-19(32(28,29)25-14-17-6-4-3-5-7-17)9-11-21(16)31-15-23(27)26-18-8-10-22(30-2)20(24)13-18/h3-13,25H,14-15H2,1-2H3,(H,26,27). The molecule has 1 amide bonds. The number of methoxy groups -OCH3 is 1. The Morgan fingerprint density at radius 2 is 1.72 bits per heavy atom. The minimum Gasteiger partial charge on any atom is -0.495 e. The largest absolute Gasteiger partial charge is 0.495 e. The van der Waals surface area contributed by atoms with Gasteiger partial charge in [0.25, 0.3) is 5.91 Å². The Balaban J connectivity index is 1.58. The Bertz CT molecular complexity index is 1200. The molecule has 3 aromatic carbocycles. The van der Waals surface area contributed by atoms with E-state index in [1.54, 1.807) is 25.1 Å². The lowest BCUT2D eigenvalue weighted by Crippen LogP contribution is -2.23. The van der Waals surface area contributed by atoms with Gasteiger partial charge in [-0.2, -0.15) is 0 Å². The monoisotopic (exact) mass is 474 g/mol. The summed E-state index contributed by atoms with van der Waals surface area (Å²) in [6.07, 6.45) is 0. The average molecular weight is 475 g/mol. The quantitative estimate of drug-likeness (QED) is 0.486. The lowest BCUT2D eigenvalue weighted by atomic mass is 10.2. The lowest BCUT2D eigenvalue weighted by molar-refractivity contribution is -0.118. The van der Waals surface area contributed by atoms with Crippen molar-refractivity contribution >= 4 is 33.2 Å². The summed E-state index contributed by atoms with van der Waals surface area (Å²) in [7, 11) is -2.18. The van der Waals surface area contributed by atoms with Crippen molar-refractivity contribution in [2.75, 3.05) is 19.0 Å². The minimum atomic E-state index is -3.69. The zero-order chi connectivity index (χ0) is 23.1. The highest BCUT2D eigenvalue weighted by molar-refractivity contribution is 7.89. The Hall–Kier alpha value is -3.07. The van der Waals surface area contributed by atoms with Gasteiger partial charge in [-0.15, -0.1) is 0 Å². The Kier molecular flexibility index (Phi) is 7.74. The van der Waals surface area contributed by atoms with Gasteiger partial charge in [0.1, 0.15) is 11.5 Å². The van der Waals surface area contributed by atoms with Crippen molar-refractivity contribution in [2.45, 2.75) is 18.4 Å². The lowest BCUT2D eigenvalue weighted by Gasteiger charge is -2.12. The summed E-state index contributed by atoms with van der Waals surface area (Å²) >= 11 is 6.05. The van der Waals surface area contributed by atoms with Crippen LogP contribution in [0.3, 0.4) is 0 Å². The molecule has 32 heavy (non-hydrogen) atoms. The van der Waals surface area contributed by atoms with E-state index in [4.69, 9.17) is 21.1 Å². The number of hydrogen-bond acceptors (Lipinski definition) is 5. The maximum Gasteiger partial charge on any atom is 0.262 e. The number of sulfonamides is 1. The zero-order valence-electron chi connectivity index (χ0n) is 17.6. The number of carbonyl (C=O) groups excluding carboxylic acids is 1. The second kappa shape index (κ2) is 10.5. The maximum absolute atomic E-state index is 12.6. The molecule has 2 N–H and O–H groups in total. The molecule has 0 radical (unpaired) electrons. The molecule has 0 saturated carbocycles. The van der Waals surface area contributed by atoms with Crippen molar-refractivity contribution < 1.29 is 22.7 Å². The third-order valence-corrected chi connectivity index (χ3v) is 6.25. The summed E-state index contributed by atoms with van der Waals surface area (Å²) in [5.74, 6) is 0.534. The van der Waals surface area contributed by atoms with Crippen LogP contribution in [0.4, 0.5) is 5.69 Å². The fourth-order valence-electron chi connectivity index (χ4n) is 2.89. The van der Waals surface area contributed by atoms with Gasteiger partial charge in [0.15, 0.2) is 6.61 Å². The van der Waals surface area contributed by atoms with Gasteiger partial charge in [-0.05, 0) is 54.4 Å². The number of amides is 1. The first-order valence-electron chi connectivity index (χ1n) is 9.69. The fraction of sp³-hybridized carbons (Fsp3) is 0.174. The molecular formula is C23H23ClN2O5S. The van der Waals surface area contributed by atoms with Crippen molar-refractivity contribution in [1.29, 1.82) is 0 Å². The summed E-state index contributed by atoms with van der Waals surface area (Å²) in [4.78, 5) is 12.3. The number of rotatable bonds is 9. The van der Waals surface area contributed by atoms with E-state index in [1.165, 1.54) is 25.3 Å². The Morgan fingerprint density at radius 1 is 1.00 bits per heavy atom. The van der Waals surface area contributed by atoms with E-state index in [0.717, 1.165) is 5.56 Å². The second-order valence-corrected chi connectivity index (χ2v) is 9.10. The molecule has 7 nitrogen and oxygen atoms in total. The highest BCUT2D eigenvalue weighted by Gasteiger charge is 2.16.